The number of likely N-dealkylation sites (tertiary alicyclic amines) is 1. The van der Waals surface area contributed by atoms with Crippen LogP contribution >= 0.6 is 0 Å². The van der Waals surface area contributed by atoms with Crippen LogP contribution in [0.15, 0.2) is 4.99 Å². The summed E-state index contributed by atoms with van der Waals surface area (Å²) in [7, 11) is -1.55. The van der Waals surface area contributed by atoms with Gasteiger partial charge in [-0.15, -0.1) is 0 Å². The molecule has 2 aliphatic rings. The molecule has 2 rings (SSSR count). The topological polar surface area (TPSA) is 97.3 Å². The van der Waals surface area contributed by atoms with Crippen LogP contribution in [0, 0.1) is 0 Å². The number of aliphatic imine (C=N–C) groups is 1. The van der Waals surface area contributed by atoms with Gasteiger partial charge in [-0.25, -0.2) is 13.1 Å². The van der Waals surface area contributed by atoms with Crippen molar-refractivity contribution in [3.63, 3.8) is 0 Å². The minimum atomic E-state index is -3.28. The molecule has 2 aliphatic heterocycles. The van der Waals surface area contributed by atoms with Crippen molar-refractivity contribution in [1.29, 1.82) is 0 Å². The number of amides is 1. The molecule has 9 nitrogen and oxygen atoms in total. The van der Waals surface area contributed by atoms with Gasteiger partial charge in [0.25, 0.3) is 0 Å². The first kappa shape index (κ1) is 22.9. The summed E-state index contributed by atoms with van der Waals surface area (Å²) in [4.78, 5) is 23.3. The summed E-state index contributed by atoms with van der Waals surface area (Å²) in [5.74, 6) is 0.989. The molecule has 0 aromatic heterocycles. The number of nitrogens with one attached hydrogen (secondary N) is 2. The lowest BCUT2D eigenvalue weighted by atomic mass is 10.1. The van der Waals surface area contributed by atoms with Gasteiger partial charge in [0, 0.05) is 58.4 Å². The number of guanidine groups is 1. The van der Waals surface area contributed by atoms with Crippen molar-refractivity contribution in [2.45, 2.75) is 45.2 Å². The Morgan fingerprint density at radius 2 is 1.64 bits per heavy atom. The maximum Gasteiger partial charge on any atom is 0.239 e. The van der Waals surface area contributed by atoms with Gasteiger partial charge in [-0.3, -0.25) is 14.7 Å². The Hall–Kier alpha value is -1.39. The van der Waals surface area contributed by atoms with Crippen LogP contribution in [0.3, 0.4) is 0 Å². The molecule has 0 aromatic rings. The van der Waals surface area contributed by atoms with E-state index in [1.807, 2.05) is 25.7 Å². The third-order valence-corrected chi connectivity index (χ3v) is 6.22. The molecule has 10 heteroatoms. The van der Waals surface area contributed by atoms with E-state index in [9.17, 15) is 13.2 Å². The van der Waals surface area contributed by atoms with Gasteiger partial charge in [-0.05, 0) is 33.6 Å². The van der Waals surface area contributed by atoms with Gasteiger partial charge in [-0.2, -0.15) is 0 Å². The monoisotopic (exact) mass is 416 g/mol. The molecular weight excluding hydrogens is 380 g/mol. The summed E-state index contributed by atoms with van der Waals surface area (Å²) in [6.45, 7) is 11.0. The van der Waals surface area contributed by atoms with Gasteiger partial charge in [0.15, 0.2) is 5.96 Å². The van der Waals surface area contributed by atoms with Crippen molar-refractivity contribution in [2.75, 3.05) is 59.1 Å². The van der Waals surface area contributed by atoms with Crippen LogP contribution in [0.1, 0.15) is 33.6 Å². The largest absolute Gasteiger partial charge is 0.354 e. The smallest absolute Gasteiger partial charge is 0.239 e. The second-order valence-electron chi connectivity index (χ2n) is 8.39. The zero-order chi connectivity index (χ0) is 20.9. The fraction of sp³-hybridized carbons (Fsp3) is 0.889. The predicted octanol–water partition coefficient (Wildman–Crippen LogP) is -0.482. The molecular formula is C18H36N6O3S. The number of piperazine rings is 1. The van der Waals surface area contributed by atoms with Crippen LogP contribution < -0.4 is 10.0 Å². The Morgan fingerprint density at radius 1 is 1.07 bits per heavy atom. The summed E-state index contributed by atoms with van der Waals surface area (Å²) in [6.07, 6.45) is 3.38. The summed E-state index contributed by atoms with van der Waals surface area (Å²) in [6, 6.07) is -0.0897. The highest BCUT2D eigenvalue weighted by Gasteiger charge is 2.31. The first-order chi connectivity index (χ1) is 13.0. The lowest BCUT2D eigenvalue weighted by Gasteiger charge is -2.40. The van der Waals surface area contributed by atoms with Crippen molar-refractivity contribution in [3.8, 4) is 0 Å². The molecule has 1 unspecified atom stereocenters. The van der Waals surface area contributed by atoms with Gasteiger partial charge in [0.05, 0.1) is 12.3 Å². The number of carbonyl (C=O) groups is 1. The van der Waals surface area contributed by atoms with Crippen molar-refractivity contribution >= 4 is 21.9 Å². The first-order valence-electron chi connectivity index (χ1n) is 10.00. The Labute approximate surface area is 169 Å². The fourth-order valence-electron chi connectivity index (χ4n) is 3.85. The summed E-state index contributed by atoms with van der Waals surface area (Å²) < 4.78 is 25.6. The maximum atomic E-state index is 12.6. The minimum absolute atomic E-state index is 0.0897. The molecule has 2 fully saturated rings. The summed E-state index contributed by atoms with van der Waals surface area (Å²) in [5.41, 5.74) is -0.623. The zero-order valence-corrected chi connectivity index (χ0v) is 18.7. The fourth-order valence-corrected chi connectivity index (χ4v) is 4.93. The van der Waals surface area contributed by atoms with Crippen molar-refractivity contribution < 1.29 is 13.2 Å². The SMILES string of the molecule is CN=C(NCC(C)(C)NS(C)(=O)=O)N1CCN(C(C)C(=O)N2CCCC2)CC1. The van der Waals surface area contributed by atoms with E-state index in [-0.39, 0.29) is 11.9 Å². The van der Waals surface area contributed by atoms with Crippen LogP contribution in [-0.4, -0.2) is 106 Å². The molecule has 0 spiro atoms. The van der Waals surface area contributed by atoms with E-state index in [4.69, 9.17) is 0 Å². The van der Waals surface area contributed by atoms with Gasteiger partial charge in [-0.1, -0.05) is 0 Å². The number of carbonyl (C=O) groups excluding carboxylic acids is 1. The molecule has 162 valence electrons. The van der Waals surface area contributed by atoms with Crippen molar-refractivity contribution in [2.24, 2.45) is 4.99 Å². The molecule has 0 aliphatic carbocycles. The third kappa shape index (κ3) is 6.59. The van der Waals surface area contributed by atoms with E-state index >= 15 is 0 Å². The van der Waals surface area contributed by atoms with Gasteiger partial charge >= 0.3 is 0 Å². The van der Waals surface area contributed by atoms with Crippen LogP contribution in [0.5, 0.6) is 0 Å². The molecule has 0 saturated carbocycles. The van der Waals surface area contributed by atoms with E-state index in [1.165, 1.54) is 0 Å². The van der Waals surface area contributed by atoms with Crippen molar-refractivity contribution in [1.82, 2.24) is 24.7 Å². The van der Waals surface area contributed by atoms with Crippen molar-refractivity contribution in [3.05, 3.63) is 0 Å². The second-order valence-corrected chi connectivity index (χ2v) is 10.1. The quantitative estimate of drug-likeness (QED) is 0.448. The highest BCUT2D eigenvalue weighted by atomic mass is 32.2. The lowest BCUT2D eigenvalue weighted by molar-refractivity contribution is -0.135. The summed E-state index contributed by atoms with van der Waals surface area (Å²) in [5, 5.41) is 3.27. The van der Waals surface area contributed by atoms with Crippen LogP contribution in [0.2, 0.25) is 0 Å². The number of nitrogens with zero attached hydrogens (tertiary/aromatic N) is 4. The molecule has 2 saturated heterocycles. The van der Waals surface area contributed by atoms with Crippen LogP contribution in [0.25, 0.3) is 0 Å². The second kappa shape index (κ2) is 9.41. The molecule has 2 N–H and O–H groups in total. The van der Waals surface area contributed by atoms with Gasteiger partial charge < -0.3 is 15.1 Å². The average Bonchev–Trinajstić information content (AvgIpc) is 3.14. The average molecular weight is 417 g/mol. The highest BCUT2D eigenvalue weighted by molar-refractivity contribution is 7.88. The number of hydrogen-bond donors (Lipinski definition) is 2. The Balaban J connectivity index is 1.84. The zero-order valence-electron chi connectivity index (χ0n) is 17.9. The van der Waals surface area contributed by atoms with E-state index < -0.39 is 15.6 Å². The molecule has 1 amide bonds. The molecule has 0 bridgehead atoms. The van der Waals surface area contributed by atoms with E-state index in [0.717, 1.165) is 64.3 Å². The van der Waals surface area contributed by atoms with Gasteiger partial charge in [0.1, 0.15) is 0 Å². The standard InChI is InChI=1S/C18H36N6O3S/c1-15(16(25)23-8-6-7-9-23)22-10-12-24(13-11-22)17(19-4)20-14-18(2,3)21-28(5,26)27/h15,21H,6-14H2,1-5H3,(H,19,20). The predicted molar refractivity (Wildman–Crippen MR) is 112 cm³/mol. The first-order valence-corrected chi connectivity index (χ1v) is 11.9. The molecule has 0 radical (unpaired) electrons. The van der Waals surface area contributed by atoms with Crippen LogP contribution in [-0.2, 0) is 14.8 Å². The third-order valence-electron chi connectivity index (χ3n) is 5.30. The molecule has 1 atom stereocenters. The van der Waals surface area contributed by atoms with Gasteiger partial charge in [0.2, 0.25) is 15.9 Å². The number of hydrogen-bond acceptors (Lipinski definition) is 5. The number of rotatable bonds is 6. The van der Waals surface area contributed by atoms with E-state index in [2.05, 4.69) is 24.8 Å². The Kier molecular flexibility index (Phi) is 7.69. The molecule has 2 heterocycles. The van der Waals surface area contributed by atoms with E-state index in [0.29, 0.717) is 6.54 Å². The maximum absolute atomic E-state index is 12.6. The van der Waals surface area contributed by atoms with E-state index in [1.54, 1.807) is 7.05 Å². The Bertz CT molecular complexity index is 665. The lowest BCUT2D eigenvalue weighted by Crippen LogP contribution is -2.59. The Morgan fingerprint density at radius 3 is 2.14 bits per heavy atom. The minimum Gasteiger partial charge on any atom is -0.354 e. The number of sulfonamides is 1. The van der Waals surface area contributed by atoms with Crippen LogP contribution in [0.4, 0.5) is 0 Å². The molecule has 0 aromatic carbocycles. The highest BCUT2D eigenvalue weighted by Crippen LogP contribution is 2.14. The normalized spacial score (nSPS) is 21.1. The summed E-state index contributed by atoms with van der Waals surface area (Å²) >= 11 is 0. The molecule has 28 heavy (non-hydrogen) atoms.